The van der Waals surface area contributed by atoms with E-state index in [-0.39, 0.29) is 11.8 Å². The van der Waals surface area contributed by atoms with Crippen molar-refractivity contribution in [2.75, 3.05) is 33.2 Å². The van der Waals surface area contributed by atoms with Crippen LogP contribution in [0.3, 0.4) is 0 Å². The van der Waals surface area contributed by atoms with Crippen LogP contribution in [0.1, 0.15) is 37.4 Å². The van der Waals surface area contributed by atoms with E-state index in [0.717, 1.165) is 22.4 Å². The normalized spacial score (nSPS) is 10.9. The summed E-state index contributed by atoms with van der Waals surface area (Å²) in [6.07, 6.45) is 1.57. The van der Waals surface area contributed by atoms with Gasteiger partial charge in [-0.3, -0.25) is 15.0 Å². The quantitative estimate of drug-likeness (QED) is 0.366. The van der Waals surface area contributed by atoms with Gasteiger partial charge in [-0.15, -0.1) is 0 Å². The van der Waals surface area contributed by atoms with E-state index < -0.39 is 0 Å². The van der Waals surface area contributed by atoms with E-state index >= 15 is 0 Å². The summed E-state index contributed by atoms with van der Waals surface area (Å²) in [5.41, 5.74) is 10.3. The molecule has 3 aromatic rings. The van der Waals surface area contributed by atoms with Crippen molar-refractivity contribution in [2.24, 2.45) is 5.10 Å². The van der Waals surface area contributed by atoms with Crippen LogP contribution >= 0.6 is 0 Å². The van der Waals surface area contributed by atoms with Crippen LogP contribution in [0.4, 0.5) is 5.69 Å². The lowest BCUT2D eigenvalue weighted by Crippen LogP contribution is -2.38. The number of hydrazone groups is 1. The third-order valence-corrected chi connectivity index (χ3v) is 5.34. The van der Waals surface area contributed by atoms with Gasteiger partial charge in [0.1, 0.15) is 5.75 Å². The minimum absolute atomic E-state index is 0.189. The minimum atomic E-state index is -0.293. The van der Waals surface area contributed by atoms with Crippen molar-refractivity contribution in [1.82, 2.24) is 15.9 Å². The molecule has 3 rings (SSSR count). The van der Waals surface area contributed by atoms with Crippen molar-refractivity contribution in [3.05, 3.63) is 94.5 Å². The van der Waals surface area contributed by atoms with Gasteiger partial charge < -0.3 is 9.64 Å². The number of aryl methyl sites for hydroxylation is 1. The van der Waals surface area contributed by atoms with E-state index in [0.29, 0.717) is 23.4 Å². The van der Waals surface area contributed by atoms with E-state index in [4.69, 9.17) is 4.74 Å². The number of ether oxygens (including phenoxy) is 1. The van der Waals surface area contributed by atoms with E-state index in [1.807, 2.05) is 68.4 Å². The summed E-state index contributed by atoms with van der Waals surface area (Å²) >= 11 is 0. The second-order valence-corrected chi connectivity index (χ2v) is 8.37. The number of hydrogen-bond acceptors (Lipinski definition) is 6. The standard InChI is InChI=1S/C27H31N5O3/c1-19-6-9-22(10-7-19)27(34)30-32(4)18-23-16-20(8-15-25(23)35-5)17-28-29-26(33)21-11-13-24(14-12-21)31(2)3/h6-17H,18H2,1-5H3,(H,29,33)(H,30,34). The molecule has 0 aliphatic heterocycles. The molecular weight excluding hydrogens is 442 g/mol. The van der Waals surface area contributed by atoms with E-state index in [2.05, 4.69) is 16.0 Å². The molecule has 0 saturated carbocycles. The van der Waals surface area contributed by atoms with Gasteiger partial charge in [-0.25, -0.2) is 10.4 Å². The largest absolute Gasteiger partial charge is 0.496 e. The van der Waals surface area contributed by atoms with Crippen LogP contribution < -0.4 is 20.5 Å². The van der Waals surface area contributed by atoms with Crippen LogP contribution in [0, 0.1) is 6.92 Å². The Bertz CT molecular complexity index is 1190. The molecule has 0 atom stereocenters. The molecule has 0 aromatic heterocycles. The van der Waals surface area contributed by atoms with Crippen LogP contribution in [0.25, 0.3) is 0 Å². The maximum atomic E-state index is 12.5. The third-order valence-electron chi connectivity index (χ3n) is 5.34. The van der Waals surface area contributed by atoms with Crippen molar-refractivity contribution in [3.63, 3.8) is 0 Å². The monoisotopic (exact) mass is 473 g/mol. The summed E-state index contributed by atoms with van der Waals surface area (Å²) in [6, 6.07) is 20.2. The summed E-state index contributed by atoms with van der Waals surface area (Å²) in [4.78, 5) is 26.8. The molecule has 2 N–H and O–H groups in total. The summed E-state index contributed by atoms with van der Waals surface area (Å²) in [7, 11) is 7.27. The highest BCUT2D eigenvalue weighted by molar-refractivity contribution is 5.95. The van der Waals surface area contributed by atoms with Crippen molar-refractivity contribution in [3.8, 4) is 5.75 Å². The predicted octanol–water partition coefficient (Wildman–Crippen LogP) is 3.61. The van der Waals surface area contributed by atoms with Crippen LogP contribution in [0.2, 0.25) is 0 Å². The molecule has 35 heavy (non-hydrogen) atoms. The highest BCUT2D eigenvalue weighted by Crippen LogP contribution is 2.20. The van der Waals surface area contributed by atoms with Gasteiger partial charge in [-0.1, -0.05) is 17.7 Å². The van der Waals surface area contributed by atoms with Gasteiger partial charge in [0.2, 0.25) is 0 Å². The number of carbonyl (C=O) groups is 2. The number of hydrogen-bond donors (Lipinski definition) is 2. The molecule has 0 radical (unpaired) electrons. The van der Waals surface area contributed by atoms with Crippen LogP contribution in [-0.4, -0.2) is 51.3 Å². The van der Waals surface area contributed by atoms with Crippen molar-refractivity contribution in [1.29, 1.82) is 0 Å². The highest BCUT2D eigenvalue weighted by Gasteiger charge is 2.12. The van der Waals surface area contributed by atoms with Crippen molar-refractivity contribution in [2.45, 2.75) is 13.5 Å². The Balaban J connectivity index is 1.63. The fraction of sp³-hybridized carbons (Fsp3) is 0.222. The van der Waals surface area contributed by atoms with E-state index in [9.17, 15) is 9.59 Å². The fourth-order valence-electron chi connectivity index (χ4n) is 3.38. The average molecular weight is 474 g/mol. The fourth-order valence-corrected chi connectivity index (χ4v) is 3.38. The first-order valence-electron chi connectivity index (χ1n) is 11.1. The number of carbonyl (C=O) groups excluding carboxylic acids is 2. The van der Waals surface area contributed by atoms with Gasteiger partial charge >= 0.3 is 0 Å². The zero-order chi connectivity index (χ0) is 25.4. The number of benzene rings is 3. The lowest BCUT2D eigenvalue weighted by atomic mass is 10.1. The molecule has 8 nitrogen and oxygen atoms in total. The zero-order valence-electron chi connectivity index (χ0n) is 20.7. The Morgan fingerprint density at radius 1 is 0.914 bits per heavy atom. The minimum Gasteiger partial charge on any atom is -0.496 e. The maximum Gasteiger partial charge on any atom is 0.271 e. The zero-order valence-corrected chi connectivity index (χ0v) is 20.7. The van der Waals surface area contributed by atoms with Gasteiger partial charge in [-0.2, -0.15) is 5.10 Å². The molecule has 3 aromatic carbocycles. The number of hydrazine groups is 1. The second kappa shape index (κ2) is 11.8. The molecule has 0 spiro atoms. The Kier molecular flexibility index (Phi) is 8.58. The Morgan fingerprint density at radius 2 is 1.54 bits per heavy atom. The lowest BCUT2D eigenvalue weighted by molar-refractivity contribution is 0.0818. The predicted molar refractivity (Wildman–Crippen MR) is 139 cm³/mol. The number of amides is 2. The Labute approximate surface area is 206 Å². The number of anilines is 1. The molecule has 0 bridgehead atoms. The van der Waals surface area contributed by atoms with Gasteiger partial charge in [0.05, 0.1) is 13.3 Å². The topological polar surface area (TPSA) is 86.3 Å². The van der Waals surface area contributed by atoms with Crippen molar-refractivity contribution < 1.29 is 14.3 Å². The summed E-state index contributed by atoms with van der Waals surface area (Å²) in [5.74, 6) is 0.202. The van der Waals surface area contributed by atoms with Gasteiger partial charge in [0, 0.05) is 50.1 Å². The SMILES string of the molecule is COc1ccc(C=NNC(=O)c2ccc(N(C)C)cc2)cc1CN(C)NC(=O)c1ccc(C)cc1. The summed E-state index contributed by atoms with van der Waals surface area (Å²) < 4.78 is 5.47. The molecule has 0 unspecified atom stereocenters. The third kappa shape index (κ3) is 7.15. The van der Waals surface area contributed by atoms with Crippen molar-refractivity contribution >= 4 is 23.7 Å². The Hall–Kier alpha value is -4.17. The molecule has 182 valence electrons. The number of nitrogens with zero attached hydrogens (tertiary/aromatic N) is 3. The molecule has 0 heterocycles. The molecule has 0 saturated heterocycles. The first-order valence-corrected chi connectivity index (χ1v) is 11.1. The summed E-state index contributed by atoms with van der Waals surface area (Å²) in [6.45, 7) is 2.39. The van der Waals surface area contributed by atoms with Crippen LogP contribution in [0.15, 0.2) is 71.8 Å². The number of rotatable bonds is 9. The number of methoxy groups -OCH3 is 1. The molecule has 0 aliphatic carbocycles. The van der Waals surface area contributed by atoms with E-state index in [1.165, 1.54) is 0 Å². The maximum absolute atomic E-state index is 12.5. The van der Waals surface area contributed by atoms with Gasteiger partial charge in [0.25, 0.3) is 11.8 Å². The second-order valence-electron chi connectivity index (χ2n) is 8.37. The van der Waals surface area contributed by atoms with E-state index in [1.54, 1.807) is 49.6 Å². The number of nitrogens with one attached hydrogen (secondary N) is 2. The molecular formula is C27H31N5O3. The highest BCUT2D eigenvalue weighted by atomic mass is 16.5. The molecule has 8 heteroatoms. The molecule has 0 aliphatic rings. The summed E-state index contributed by atoms with van der Waals surface area (Å²) in [5, 5.41) is 5.78. The van der Waals surface area contributed by atoms with Crippen LogP contribution in [-0.2, 0) is 6.54 Å². The Morgan fingerprint density at radius 3 is 2.17 bits per heavy atom. The average Bonchev–Trinajstić information content (AvgIpc) is 2.84. The molecule has 0 fully saturated rings. The molecule has 2 amide bonds. The lowest BCUT2D eigenvalue weighted by Gasteiger charge is -2.20. The first kappa shape index (κ1) is 25.5. The van der Waals surface area contributed by atoms with Crippen LogP contribution in [0.5, 0.6) is 5.75 Å². The van der Waals surface area contributed by atoms with Gasteiger partial charge in [0.15, 0.2) is 0 Å². The smallest absolute Gasteiger partial charge is 0.271 e. The first-order chi connectivity index (χ1) is 16.8. The van der Waals surface area contributed by atoms with Gasteiger partial charge in [-0.05, 0) is 67.1 Å².